The molecule has 0 unspecified atom stereocenters. The Kier molecular flexibility index (Phi) is 16.2. The summed E-state index contributed by atoms with van der Waals surface area (Å²) in [6.07, 6.45) is -0.475. The number of carbonyl (C=O) groups is 2. The molecule has 1 aromatic carbocycles. The Morgan fingerprint density at radius 2 is 1.65 bits per heavy atom. The molecule has 208 valence electrons. The molecule has 10 heteroatoms. The first-order valence-electron chi connectivity index (χ1n) is 12.4. The molecule has 4 N–H and O–H groups in total. The van der Waals surface area contributed by atoms with Crippen molar-refractivity contribution in [2.75, 3.05) is 46.2 Å². The summed E-state index contributed by atoms with van der Waals surface area (Å²) in [5, 5.41) is 11.4. The van der Waals surface area contributed by atoms with Gasteiger partial charge in [0.2, 0.25) is 5.91 Å². The zero-order valence-corrected chi connectivity index (χ0v) is 22.4. The van der Waals surface area contributed by atoms with Gasteiger partial charge in [0.25, 0.3) is 0 Å². The molecule has 0 radical (unpaired) electrons. The van der Waals surface area contributed by atoms with E-state index in [-0.39, 0.29) is 19.1 Å². The molecule has 1 rings (SSSR count). The third-order valence-electron chi connectivity index (χ3n) is 4.82. The number of rotatable bonds is 17. The van der Waals surface area contributed by atoms with Gasteiger partial charge < -0.3 is 39.8 Å². The minimum Gasteiger partial charge on any atom is -0.444 e. The predicted molar refractivity (Wildman–Crippen MR) is 139 cm³/mol. The monoisotopic (exact) mass is 522 g/mol. The van der Waals surface area contributed by atoms with Crippen LogP contribution in [0.25, 0.3) is 0 Å². The lowest BCUT2D eigenvalue weighted by Gasteiger charge is -2.27. The van der Waals surface area contributed by atoms with E-state index in [2.05, 4.69) is 17.2 Å². The Labute approximate surface area is 220 Å². The van der Waals surface area contributed by atoms with Crippen LogP contribution in [0.1, 0.15) is 51.7 Å². The number of benzene rings is 1. The summed E-state index contributed by atoms with van der Waals surface area (Å²) >= 11 is 0. The SMILES string of the molecule is C[C@@H](OCc1ccc(C#CCOCCOCCOCCO)cc1)[C@H](CCC(N)=O)NC(=O)OC(C)(C)C. The van der Waals surface area contributed by atoms with Gasteiger partial charge in [-0.05, 0) is 51.8 Å². The molecule has 0 saturated carbocycles. The van der Waals surface area contributed by atoms with E-state index in [0.29, 0.717) is 52.7 Å². The van der Waals surface area contributed by atoms with Crippen molar-refractivity contribution in [1.82, 2.24) is 5.32 Å². The van der Waals surface area contributed by atoms with E-state index in [9.17, 15) is 9.59 Å². The van der Waals surface area contributed by atoms with Gasteiger partial charge in [0.15, 0.2) is 0 Å². The molecule has 0 saturated heterocycles. The van der Waals surface area contributed by atoms with Gasteiger partial charge in [0.05, 0.1) is 58.4 Å². The van der Waals surface area contributed by atoms with Crippen LogP contribution in [0.15, 0.2) is 24.3 Å². The molecule has 0 aromatic heterocycles. The van der Waals surface area contributed by atoms with E-state index in [1.165, 1.54) is 0 Å². The van der Waals surface area contributed by atoms with Crippen LogP contribution in [0.4, 0.5) is 4.79 Å². The minimum atomic E-state index is -0.634. The van der Waals surface area contributed by atoms with Gasteiger partial charge in [-0.15, -0.1) is 0 Å². The van der Waals surface area contributed by atoms with Crippen LogP contribution in [0.2, 0.25) is 0 Å². The number of aliphatic hydroxyl groups excluding tert-OH is 1. The molecule has 0 fully saturated rings. The molecule has 0 bridgehead atoms. The molecular weight excluding hydrogens is 480 g/mol. The maximum absolute atomic E-state index is 12.2. The number of nitrogens with two attached hydrogens (primary N) is 1. The van der Waals surface area contributed by atoms with Crippen LogP contribution in [-0.4, -0.2) is 81.1 Å². The van der Waals surface area contributed by atoms with Gasteiger partial charge in [0, 0.05) is 12.0 Å². The van der Waals surface area contributed by atoms with Crippen molar-refractivity contribution in [3.05, 3.63) is 35.4 Å². The number of hydrogen-bond donors (Lipinski definition) is 3. The summed E-state index contributed by atoms with van der Waals surface area (Å²) in [5.41, 5.74) is 6.44. The summed E-state index contributed by atoms with van der Waals surface area (Å²) in [4.78, 5) is 23.5. The second-order valence-corrected chi connectivity index (χ2v) is 9.27. The molecule has 10 nitrogen and oxygen atoms in total. The average molecular weight is 523 g/mol. The normalized spacial score (nSPS) is 12.8. The number of amides is 2. The summed E-state index contributed by atoms with van der Waals surface area (Å²) in [6, 6.07) is 7.20. The highest BCUT2D eigenvalue weighted by atomic mass is 16.6. The Bertz CT molecular complexity index is 843. The van der Waals surface area contributed by atoms with Crippen LogP contribution in [-0.2, 0) is 35.1 Å². The molecular formula is C27H42N2O8. The Balaban J connectivity index is 2.41. The lowest BCUT2D eigenvalue weighted by molar-refractivity contribution is -0.118. The fourth-order valence-electron chi connectivity index (χ4n) is 2.97. The standard InChI is InChI=1S/C27H42N2O8/c1-21(24(11-12-25(28)31)29-26(32)37-27(2,3)4)36-20-23-9-7-22(8-10-23)6-5-14-33-16-18-35-19-17-34-15-13-30/h7-10,21,24,30H,11-20H2,1-4H3,(H2,28,31)(H,29,32)/t21-,24+/m1/s1. The fourth-order valence-corrected chi connectivity index (χ4v) is 2.97. The molecule has 0 aliphatic carbocycles. The number of aliphatic hydroxyl groups is 1. The number of nitrogens with one attached hydrogen (secondary N) is 1. The van der Waals surface area contributed by atoms with E-state index >= 15 is 0 Å². The zero-order chi connectivity index (χ0) is 27.5. The minimum absolute atomic E-state index is 0.00663. The van der Waals surface area contributed by atoms with Gasteiger partial charge in [-0.2, -0.15) is 0 Å². The van der Waals surface area contributed by atoms with Gasteiger partial charge in [-0.3, -0.25) is 4.79 Å². The highest BCUT2D eigenvalue weighted by Crippen LogP contribution is 2.13. The van der Waals surface area contributed by atoms with Crippen LogP contribution in [0.5, 0.6) is 0 Å². The number of alkyl carbamates (subject to hydrolysis) is 1. The molecule has 1 aromatic rings. The third kappa shape index (κ3) is 17.4. The molecule has 0 aliphatic rings. The largest absolute Gasteiger partial charge is 0.444 e. The zero-order valence-electron chi connectivity index (χ0n) is 22.4. The van der Waals surface area contributed by atoms with Crippen molar-refractivity contribution >= 4 is 12.0 Å². The van der Waals surface area contributed by atoms with E-state index in [1.807, 2.05) is 31.2 Å². The van der Waals surface area contributed by atoms with Crippen molar-refractivity contribution in [3.8, 4) is 11.8 Å². The average Bonchev–Trinajstić information content (AvgIpc) is 2.83. The smallest absolute Gasteiger partial charge is 0.407 e. The second kappa shape index (κ2) is 18.5. The van der Waals surface area contributed by atoms with Crippen molar-refractivity contribution in [1.29, 1.82) is 0 Å². The predicted octanol–water partition coefficient (Wildman–Crippen LogP) is 2.14. The Hall–Kier alpha value is -2.68. The Morgan fingerprint density at radius 1 is 1.03 bits per heavy atom. The van der Waals surface area contributed by atoms with E-state index < -0.39 is 23.6 Å². The van der Waals surface area contributed by atoms with Crippen LogP contribution >= 0.6 is 0 Å². The van der Waals surface area contributed by atoms with Gasteiger partial charge in [0.1, 0.15) is 12.2 Å². The quantitative estimate of drug-likeness (QED) is 0.209. The summed E-state index contributed by atoms with van der Waals surface area (Å²) in [6.45, 7) is 9.90. The van der Waals surface area contributed by atoms with Crippen LogP contribution < -0.4 is 11.1 Å². The first-order valence-corrected chi connectivity index (χ1v) is 12.4. The van der Waals surface area contributed by atoms with Gasteiger partial charge in [-0.1, -0.05) is 24.0 Å². The van der Waals surface area contributed by atoms with Crippen molar-refractivity contribution in [3.63, 3.8) is 0 Å². The van der Waals surface area contributed by atoms with Gasteiger partial charge in [-0.25, -0.2) is 4.79 Å². The lowest BCUT2D eigenvalue weighted by atomic mass is 10.1. The number of carbonyl (C=O) groups excluding carboxylic acids is 2. The van der Waals surface area contributed by atoms with E-state index in [1.54, 1.807) is 20.8 Å². The molecule has 37 heavy (non-hydrogen) atoms. The first kappa shape index (κ1) is 32.3. The fraction of sp³-hybridized carbons (Fsp3) is 0.630. The number of hydrogen-bond acceptors (Lipinski definition) is 8. The lowest BCUT2D eigenvalue weighted by Crippen LogP contribution is -2.45. The highest BCUT2D eigenvalue weighted by molar-refractivity contribution is 5.74. The first-order chi connectivity index (χ1) is 17.6. The molecule has 2 atom stereocenters. The van der Waals surface area contributed by atoms with Crippen LogP contribution in [0.3, 0.4) is 0 Å². The van der Waals surface area contributed by atoms with E-state index in [4.69, 9.17) is 34.5 Å². The maximum atomic E-state index is 12.2. The molecule has 0 spiro atoms. The maximum Gasteiger partial charge on any atom is 0.407 e. The summed E-state index contributed by atoms with van der Waals surface area (Å²) in [5.74, 6) is 5.56. The van der Waals surface area contributed by atoms with Crippen molar-refractivity contribution in [2.45, 2.75) is 64.9 Å². The highest BCUT2D eigenvalue weighted by Gasteiger charge is 2.24. The number of ether oxygens (including phenoxy) is 5. The summed E-state index contributed by atoms with van der Waals surface area (Å²) in [7, 11) is 0. The molecule has 0 aliphatic heterocycles. The number of primary amides is 1. The molecule has 0 heterocycles. The van der Waals surface area contributed by atoms with Crippen molar-refractivity contribution < 1.29 is 38.4 Å². The Morgan fingerprint density at radius 3 is 2.24 bits per heavy atom. The summed E-state index contributed by atoms with van der Waals surface area (Å²) < 4.78 is 27.1. The van der Waals surface area contributed by atoms with Gasteiger partial charge >= 0.3 is 6.09 Å². The van der Waals surface area contributed by atoms with Crippen LogP contribution in [0, 0.1) is 11.8 Å². The molecule has 2 amide bonds. The second-order valence-electron chi connectivity index (χ2n) is 9.27. The van der Waals surface area contributed by atoms with Crippen molar-refractivity contribution in [2.24, 2.45) is 5.73 Å². The van der Waals surface area contributed by atoms with E-state index in [0.717, 1.165) is 11.1 Å². The topological polar surface area (TPSA) is 139 Å². The third-order valence-corrected chi connectivity index (χ3v) is 4.82.